The summed E-state index contributed by atoms with van der Waals surface area (Å²) in [6.45, 7) is 0. The molecule has 1 nitrogen and oxygen atoms in total. The highest BCUT2D eigenvalue weighted by Crippen LogP contribution is 2.72. The maximum Gasteiger partial charge on any atom is 0.460 e. The van der Waals surface area contributed by atoms with Crippen LogP contribution in [-0.2, 0) is 4.74 Å². The molecule has 19 heteroatoms. The molecular weight excluding hydrogens is 466 g/mol. The van der Waals surface area contributed by atoms with E-state index < -0.39 is 53.7 Å². The number of halogens is 18. The average molecular weight is 466 g/mol. The van der Waals surface area contributed by atoms with E-state index in [-0.39, 0.29) is 0 Å². The van der Waals surface area contributed by atoms with Crippen molar-refractivity contribution in [2.24, 2.45) is 0 Å². The molecule has 1 saturated heterocycles. The second kappa shape index (κ2) is 5.44. The average Bonchev–Trinajstić information content (AvgIpc) is 2.51. The van der Waals surface area contributed by atoms with Gasteiger partial charge in [-0.3, -0.25) is 4.74 Å². The van der Waals surface area contributed by atoms with Gasteiger partial charge in [0.1, 0.15) is 0 Å². The summed E-state index contributed by atoms with van der Waals surface area (Å²) in [7, 11) is 0. The lowest BCUT2D eigenvalue weighted by Gasteiger charge is -2.44. The molecule has 0 radical (unpaired) electrons. The van der Waals surface area contributed by atoms with E-state index in [2.05, 4.69) is 0 Å². The van der Waals surface area contributed by atoms with E-state index in [1.807, 2.05) is 0 Å². The summed E-state index contributed by atoms with van der Waals surface area (Å²) in [5.74, 6) is -41.5. The number of rotatable bonds is 3. The van der Waals surface area contributed by atoms with Gasteiger partial charge in [-0.1, -0.05) is 0 Å². The lowest BCUT2D eigenvalue weighted by atomic mass is 9.80. The fraction of sp³-hybridized carbons (Fsp3) is 1.00. The van der Waals surface area contributed by atoms with E-state index in [0.29, 0.717) is 0 Å². The van der Waals surface area contributed by atoms with Crippen LogP contribution in [0.1, 0.15) is 0 Å². The highest BCUT2D eigenvalue weighted by molar-refractivity contribution is 5.25. The lowest BCUT2D eigenvalue weighted by Crippen LogP contribution is -2.78. The zero-order chi connectivity index (χ0) is 23.2. The molecular formula is C9F18O. The molecule has 1 fully saturated rings. The zero-order valence-electron chi connectivity index (χ0n) is 11.7. The molecule has 28 heavy (non-hydrogen) atoms. The molecule has 0 aromatic heterocycles. The molecule has 0 bridgehead atoms. The van der Waals surface area contributed by atoms with Crippen molar-refractivity contribution in [1.29, 1.82) is 0 Å². The first kappa shape index (κ1) is 24.7. The minimum absolute atomic E-state index is 1.50. The standard InChI is InChI=1S/C9F18O/c10-2(11,4(14,15)5(16,17)8(23,24)25)1(7(20,21)22)3(12,13)6(18,19)9(26,27)28-1. The molecule has 168 valence electrons. The molecule has 1 aliphatic rings. The van der Waals surface area contributed by atoms with E-state index in [4.69, 9.17) is 0 Å². The lowest BCUT2D eigenvalue weighted by molar-refractivity contribution is -0.474. The Bertz CT molecular complexity index is 624. The van der Waals surface area contributed by atoms with Gasteiger partial charge in [0, 0.05) is 0 Å². The smallest absolute Gasteiger partial charge is 0.287 e. The van der Waals surface area contributed by atoms with Crippen LogP contribution in [0.5, 0.6) is 0 Å². The Kier molecular flexibility index (Phi) is 4.80. The van der Waals surface area contributed by atoms with Crippen molar-refractivity contribution < 1.29 is 83.8 Å². The van der Waals surface area contributed by atoms with Crippen LogP contribution in [0.25, 0.3) is 0 Å². The van der Waals surface area contributed by atoms with Gasteiger partial charge in [-0.05, 0) is 0 Å². The Balaban J connectivity index is 4.02. The number of hydrogen-bond donors (Lipinski definition) is 0. The van der Waals surface area contributed by atoms with E-state index in [0.717, 1.165) is 0 Å². The predicted octanol–water partition coefficient (Wildman–Crippen LogP) is 5.65. The number of hydrogen-bond acceptors (Lipinski definition) is 1. The Morgan fingerprint density at radius 1 is 0.500 bits per heavy atom. The minimum atomic E-state index is -8.72. The Hall–Kier alpha value is -1.30. The van der Waals surface area contributed by atoms with Crippen LogP contribution in [0, 0.1) is 0 Å². The van der Waals surface area contributed by atoms with Crippen molar-refractivity contribution in [2.45, 2.75) is 53.7 Å². The first-order valence-electron chi connectivity index (χ1n) is 5.81. The zero-order valence-corrected chi connectivity index (χ0v) is 11.7. The van der Waals surface area contributed by atoms with Gasteiger partial charge in [0.2, 0.25) is 0 Å². The summed E-state index contributed by atoms with van der Waals surface area (Å²) in [6, 6.07) is 0. The number of ether oxygens (including phenoxy) is 1. The topological polar surface area (TPSA) is 9.23 Å². The van der Waals surface area contributed by atoms with E-state index in [1.54, 1.807) is 0 Å². The van der Waals surface area contributed by atoms with Gasteiger partial charge in [0.05, 0.1) is 0 Å². The Morgan fingerprint density at radius 3 is 1.07 bits per heavy atom. The van der Waals surface area contributed by atoms with Gasteiger partial charge in [-0.25, -0.2) is 0 Å². The van der Waals surface area contributed by atoms with Crippen molar-refractivity contribution in [3.05, 3.63) is 0 Å². The molecule has 1 rings (SSSR count). The predicted molar refractivity (Wildman–Crippen MR) is 45.6 cm³/mol. The molecule has 1 unspecified atom stereocenters. The highest BCUT2D eigenvalue weighted by Gasteiger charge is 3.04. The molecule has 1 atom stereocenters. The summed E-state index contributed by atoms with van der Waals surface area (Å²) in [4.78, 5) is 0. The molecule has 0 saturated carbocycles. The van der Waals surface area contributed by atoms with Crippen molar-refractivity contribution in [3.63, 3.8) is 0 Å². The van der Waals surface area contributed by atoms with Crippen LogP contribution in [-0.4, -0.2) is 53.7 Å². The van der Waals surface area contributed by atoms with Gasteiger partial charge in [-0.2, -0.15) is 79.0 Å². The van der Waals surface area contributed by atoms with Crippen LogP contribution >= 0.6 is 0 Å². The monoisotopic (exact) mass is 466 g/mol. The quantitative estimate of drug-likeness (QED) is 0.489. The van der Waals surface area contributed by atoms with Crippen molar-refractivity contribution in [3.8, 4) is 0 Å². The van der Waals surface area contributed by atoms with E-state index in [1.165, 1.54) is 4.74 Å². The molecule has 0 aliphatic carbocycles. The SMILES string of the molecule is FC(F)(F)C(F)(F)C(F)(F)C(F)(F)C1(C(F)(F)F)OC(F)(F)C(F)(F)C1(F)F. The first-order valence-corrected chi connectivity index (χ1v) is 5.81. The third-order valence-corrected chi connectivity index (χ3v) is 3.47. The van der Waals surface area contributed by atoms with Gasteiger partial charge < -0.3 is 0 Å². The van der Waals surface area contributed by atoms with E-state index >= 15 is 0 Å². The van der Waals surface area contributed by atoms with Gasteiger partial charge in [-0.15, -0.1) is 0 Å². The first-order chi connectivity index (χ1) is 11.7. The van der Waals surface area contributed by atoms with Crippen molar-refractivity contribution >= 4 is 0 Å². The second-order valence-corrected chi connectivity index (χ2v) is 5.17. The summed E-state index contributed by atoms with van der Waals surface area (Å²) in [6.07, 6.45) is -23.4. The molecule has 1 heterocycles. The molecule has 1 aliphatic heterocycles. The summed E-state index contributed by atoms with van der Waals surface area (Å²) >= 11 is 0. The van der Waals surface area contributed by atoms with E-state index in [9.17, 15) is 79.0 Å². The van der Waals surface area contributed by atoms with Gasteiger partial charge >= 0.3 is 53.7 Å². The van der Waals surface area contributed by atoms with Gasteiger partial charge in [0.25, 0.3) is 0 Å². The second-order valence-electron chi connectivity index (χ2n) is 5.17. The van der Waals surface area contributed by atoms with Gasteiger partial charge in [0.15, 0.2) is 0 Å². The molecule has 0 spiro atoms. The third-order valence-electron chi connectivity index (χ3n) is 3.47. The minimum Gasteiger partial charge on any atom is -0.287 e. The van der Waals surface area contributed by atoms with Crippen LogP contribution in [0.4, 0.5) is 79.0 Å². The van der Waals surface area contributed by atoms with Crippen molar-refractivity contribution in [2.75, 3.05) is 0 Å². The van der Waals surface area contributed by atoms with Crippen LogP contribution in [0.3, 0.4) is 0 Å². The van der Waals surface area contributed by atoms with Crippen molar-refractivity contribution in [1.82, 2.24) is 0 Å². The maximum atomic E-state index is 13.5. The normalized spacial score (nSPS) is 28.5. The summed E-state index contributed by atoms with van der Waals surface area (Å²) in [5.41, 5.74) is -8.20. The molecule has 0 aromatic rings. The number of alkyl halides is 18. The Labute approximate surface area is 139 Å². The Morgan fingerprint density at radius 2 is 0.857 bits per heavy atom. The fourth-order valence-electron chi connectivity index (χ4n) is 2.00. The van der Waals surface area contributed by atoms with Crippen LogP contribution in [0.15, 0.2) is 0 Å². The van der Waals surface area contributed by atoms with Crippen LogP contribution < -0.4 is 0 Å². The highest BCUT2D eigenvalue weighted by atomic mass is 19.4. The fourth-order valence-corrected chi connectivity index (χ4v) is 2.00. The molecule has 0 aromatic carbocycles. The maximum absolute atomic E-state index is 13.5. The molecule has 0 amide bonds. The largest absolute Gasteiger partial charge is 0.460 e. The molecule has 0 N–H and O–H groups in total. The summed E-state index contributed by atoms with van der Waals surface area (Å²) in [5, 5.41) is 0. The third kappa shape index (κ3) is 2.36. The summed E-state index contributed by atoms with van der Waals surface area (Å²) < 4.78 is 232. The van der Waals surface area contributed by atoms with Crippen LogP contribution in [0.2, 0.25) is 0 Å².